The van der Waals surface area contributed by atoms with Crippen molar-refractivity contribution in [3.63, 3.8) is 0 Å². The van der Waals surface area contributed by atoms with E-state index >= 15 is 0 Å². The molecule has 2 aliphatic rings. The molecular weight excluding hydrogens is 505 g/mol. The predicted molar refractivity (Wildman–Crippen MR) is 151 cm³/mol. The molecule has 1 saturated heterocycles. The summed E-state index contributed by atoms with van der Waals surface area (Å²) < 4.78 is 38.4. The van der Waals surface area contributed by atoms with Crippen LogP contribution in [0.2, 0.25) is 0 Å². The van der Waals surface area contributed by atoms with Crippen LogP contribution >= 0.6 is 0 Å². The maximum atomic E-state index is 14.6. The highest BCUT2D eigenvalue weighted by Crippen LogP contribution is 2.42. The van der Waals surface area contributed by atoms with Crippen LogP contribution in [0.3, 0.4) is 0 Å². The molecule has 2 heterocycles. The van der Waals surface area contributed by atoms with E-state index in [0.29, 0.717) is 19.4 Å². The summed E-state index contributed by atoms with van der Waals surface area (Å²) in [6, 6.07) is 6.18. The van der Waals surface area contributed by atoms with Gasteiger partial charge in [0.15, 0.2) is 9.84 Å². The van der Waals surface area contributed by atoms with Gasteiger partial charge in [0.2, 0.25) is 5.91 Å². The van der Waals surface area contributed by atoms with E-state index in [0.717, 1.165) is 44.2 Å². The third-order valence-corrected chi connectivity index (χ3v) is 9.70. The zero-order valence-corrected chi connectivity index (χ0v) is 24.1. The van der Waals surface area contributed by atoms with Crippen LogP contribution in [0, 0.1) is 11.3 Å². The summed E-state index contributed by atoms with van der Waals surface area (Å²) in [5.74, 6) is -1.05. The first kappa shape index (κ1) is 30.7. The number of hydrogen-bond acceptors (Lipinski definition) is 7. The summed E-state index contributed by atoms with van der Waals surface area (Å²) in [4.78, 5) is 20.8. The van der Waals surface area contributed by atoms with Gasteiger partial charge in [-0.2, -0.15) is 0 Å². The lowest BCUT2D eigenvalue weighted by atomic mass is 9.69. The van der Waals surface area contributed by atoms with E-state index in [1.165, 1.54) is 12.5 Å². The van der Waals surface area contributed by atoms with Crippen LogP contribution in [-0.2, 0) is 14.6 Å². The highest BCUT2D eigenvalue weighted by Gasteiger charge is 2.41. The van der Waals surface area contributed by atoms with E-state index < -0.39 is 34.1 Å². The van der Waals surface area contributed by atoms with Gasteiger partial charge < -0.3 is 21.7 Å². The van der Waals surface area contributed by atoms with Crippen molar-refractivity contribution in [2.45, 2.75) is 94.0 Å². The van der Waals surface area contributed by atoms with E-state index in [9.17, 15) is 17.6 Å². The average molecular weight is 552 g/mol. The van der Waals surface area contributed by atoms with E-state index in [4.69, 9.17) is 11.5 Å². The minimum absolute atomic E-state index is 0.00397. The number of amides is 1. The van der Waals surface area contributed by atoms with Crippen molar-refractivity contribution in [2.24, 2.45) is 27.8 Å². The first-order chi connectivity index (χ1) is 17.9. The van der Waals surface area contributed by atoms with Gasteiger partial charge in [-0.05, 0) is 68.8 Å². The molecule has 8 nitrogen and oxygen atoms in total. The Kier molecular flexibility index (Phi) is 10.5. The van der Waals surface area contributed by atoms with Crippen LogP contribution in [0.5, 0.6) is 0 Å². The average Bonchev–Trinajstić information content (AvgIpc) is 2.84. The minimum Gasteiger partial charge on any atom is -0.351 e. The molecule has 0 spiro atoms. The van der Waals surface area contributed by atoms with Crippen LogP contribution in [0.1, 0.15) is 70.3 Å². The number of rotatable bonds is 9. The first-order valence-corrected chi connectivity index (χ1v) is 15.8. The van der Waals surface area contributed by atoms with Gasteiger partial charge in [0.1, 0.15) is 6.17 Å². The number of benzene rings is 1. The van der Waals surface area contributed by atoms with Gasteiger partial charge in [-0.25, -0.2) is 12.8 Å². The summed E-state index contributed by atoms with van der Waals surface area (Å²) >= 11 is 0. The first-order valence-electron chi connectivity index (χ1n) is 13.9. The third-order valence-electron chi connectivity index (χ3n) is 8.57. The Morgan fingerprint density at radius 3 is 2.50 bits per heavy atom. The fraction of sp³-hybridized carbons (Fsp3) is 0.714. The lowest BCUT2D eigenvalue weighted by Gasteiger charge is -2.41. The summed E-state index contributed by atoms with van der Waals surface area (Å²) in [7, 11) is -1.29. The number of nitrogens with zero attached hydrogens (tertiary/aromatic N) is 2. The van der Waals surface area contributed by atoms with Crippen molar-refractivity contribution in [2.75, 3.05) is 26.4 Å². The molecule has 0 saturated carbocycles. The van der Waals surface area contributed by atoms with E-state index in [1.54, 1.807) is 12.1 Å². The highest BCUT2D eigenvalue weighted by molar-refractivity contribution is 7.90. The fourth-order valence-electron chi connectivity index (χ4n) is 6.30. The van der Waals surface area contributed by atoms with Crippen molar-refractivity contribution in [3.8, 4) is 0 Å². The molecule has 38 heavy (non-hydrogen) atoms. The summed E-state index contributed by atoms with van der Waals surface area (Å²) in [5, 5.41) is 3.22. The van der Waals surface area contributed by atoms with Crippen LogP contribution < -0.4 is 16.8 Å². The zero-order valence-electron chi connectivity index (χ0n) is 23.3. The van der Waals surface area contributed by atoms with Gasteiger partial charge in [0.25, 0.3) is 0 Å². The quantitative estimate of drug-likeness (QED) is 0.405. The second kappa shape index (κ2) is 13.0. The number of carbonyl (C=O) groups is 1. The van der Waals surface area contributed by atoms with Crippen LogP contribution in [0.25, 0.3) is 0 Å². The monoisotopic (exact) mass is 551 g/mol. The Morgan fingerprint density at radius 2 is 1.92 bits per heavy atom. The molecule has 0 aliphatic carbocycles. The Bertz CT molecular complexity index is 1060. The molecule has 214 valence electrons. The van der Waals surface area contributed by atoms with Crippen molar-refractivity contribution >= 4 is 22.0 Å². The number of hydrogen-bond donors (Lipinski definition) is 3. The second-order valence-electron chi connectivity index (χ2n) is 11.4. The lowest BCUT2D eigenvalue weighted by molar-refractivity contribution is -0.127. The molecule has 1 fully saturated rings. The molecule has 6 unspecified atom stereocenters. The Balaban J connectivity index is 1.87. The molecule has 6 atom stereocenters. The Labute approximate surface area is 227 Å². The number of alkyl halides is 1. The van der Waals surface area contributed by atoms with E-state index in [-0.39, 0.29) is 28.2 Å². The van der Waals surface area contributed by atoms with Crippen molar-refractivity contribution < 1.29 is 17.6 Å². The van der Waals surface area contributed by atoms with Gasteiger partial charge in [0, 0.05) is 31.0 Å². The number of nitrogens with one attached hydrogen (secondary N) is 1. The standard InChI is InChI=1S/C28H46FN5O3S/c1-5-13-28(6-2)14-11-20(29)17-32-23(16-28)25(26(30)31)27(35)33-24-18-34(3)15-12-22(24)19-7-9-21(10-8-19)38(4,36)37/h7-10,17,20,22-26H,5-6,11-16,18,30-31H2,1-4H3,(H,33,35)/b32-17-. The number of carbonyl (C=O) groups excluding carboxylic acids is 1. The molecule has 1 aromatic carbocycles. The van der Waals surface area contributed by atoms with Crippen LogP contribution in [0.15, 0.2) is 34.2 Å². The number of piperidine rings is 1. The second-order valence-corrected chi connectivity index (χ2v) is 13.5. The molecule has 10 heteroatoms. The molecule has 5 N–H and O–H groups in total. The third kappa shape index (κ3) is 7.61. The minimum atomic E-state index is -3.30. The largest absolute Gasteiger partial charge is 0.351 e. The summed E-state index contributed by atoms with van der Waals surface area (Å²) in [6.45, 7) is 5.74. The maximum Gasteiger partial charge on any atom is 0.228 e. The maximum absolute atomic E-state index is 14.6. The molecule has 0 bridgehead atoms. The molecule has 0 radical (unpaired) electrons. The molecule has 0 aromatic heterocycles. The van der Waals surface area contributed by atoms with Crippen molar-refractivity contribution in [1.82, 2.24) is 10.2 Å². The number of aliphatic imine (C=N–C) groups is 1. The molecule has 2 aliphatic heterocycles. The number of sulfone groups is 1. The van der Waals surface area contributed by atoms with Gasteiger partial charge in [-0.15, -0.1) is 0 Å². The summed E-state index contributed by atoms with van der Waals surface area (Å²) in [5.41, 5.74) is 13.3. The number of nitrogens with two attached hydrogens (primary N) is 2. The van der Waals surface area contributed by atoms with Crippen LogP contribution in [0.4, 0.5) is 4.39 Å². The highest BCUT2D eigenvalue weighted by atomic mass is 32.2. The normalized spacial score (nSPS) is 30.8. The van der Waals surface area contributed by atoms with Crippen molar-refractivity contribution in [3.05, 3.63) is 29.8 Å². The Hall–Kier alpha value is -1.88. The van der Waals surface area contributed by atoms with Crippen LogP contribution in [-0.4, -0.2) is 76.3 Å². The van der Waals surface area contributed by atoms with Crippen molar-refractivity contribution in [1.29, 1.82) is 0 Å². The fourth-order valence-corrected chi connectivity index (χ4v) is 6.93. The van der Waals surface area contributed by atoms with E-state index in [2.05, 4.69) is 29.1 Å². The predicted octanol–water partition coefficient (Wildman–Crippen LogP) is 3.01. The SMILES string of the molecule is CCCC1(CC)CCC(F)/C=N\C(C(C(=O)NC2CN(C)CCC2c2ccc(S(C)(=O)=O)cc2)C(N)N)C1. The summed E-state index contributed by atoms with van der Waals surface area (Å²) in [6.07, 6.45) is 5.85. The zero-order chi connectivity index (χ0) is 28.1. The van der Waals surface area contributed by atoms with Gasteiger partial charge in [-0.3, -0.25) is 9.79 Å². The number of halogens is 1. The van der Waals surface area contributed by atoms with Gasteiger partial charge >= 0.3 is 0 Å². The smallest absolute Gasteiger partial charge is 0.228 e. The molecule has 1 amide bonds. The van der Waals surface area contributed by atoms with Gasteiger partial charge in [0.05, 0.1) is 23.0 Å². The van der Waals surface area contributed by atoms with E-state index in [1.807, 2.05) is 19.2 Å². The molecule has 3 rings (SSSR count). The Morgan fingerprint density at radius 1 is 1.24 bits per heavy atom. The molecular formula is C28H46FN5O3S. The number of likely N-dealkylation sites (N-methyl/N-ethyl adjacent to an activating group) is 1. The topological polar surface area (TPSA) is 131 Å². The lowest BCUT2D eigenvalue weighted by Crippen LogP contribution is -2.58. The number of likely N-dealkylation sites (tertiary alicyclic amines) is 1. The molecule has 1 aromatic rings. The van der Waals surface area contributed by atoms with Gasteiger partial charge in [-0.1, -0.05) is 38.8 Å².